The molecule has 1 aromatic heterocycles. The van der Waals surface area contributed by atoms with Crippen LogP contribution in [0, 0.1) is 12.8 Å². The van der Waals surface area contributed by atoms with Gasteiger partial charge in [-0.2, -0.15) is 0 Å². The molecule has 0 fully saturated rings. The number of benzene rings is 1. The molecule has 6 nitrogen and oxygen atoms in total. The molecule has 22 heavy (non-hydrogen) atoms. The number of nitrogens with zero attached hydrogens (tertiary/aromatic N) is 2. The highest BCUT2D eigenvalue weighted by atomic mass is 16.5. The molecule has 1 aromatic carbocycles. The number of hydrogen-bond donors (Lipinski definition) is 2. The van der Waals surface area contributed by atoms with Gasteiger partial charge in [-0.05, 0) is 25.0 Å². The molecule has 0 aliphatic rings. The summed E-state index contributed by atoms with van der Waals surface area (Å²) in [6, 6.07) is 7.15. The minimum absolute atomic E-state index is 0.0472. The van der Waals surface area contributed by atoms with E-state index in [2.05, 4.69) is 23.8 Å². The van der Waals surface area contributed by atoms with Crippen LogP contribution in [0.3, 0.4) is 0 Å². The number of rotatable bonds is 5. The lowest BCUT2D eigenvalue weighted by Gasteiger charge is -2.12. The molecular formula is C16H19N3O3. The average Bonchev–Trinajstić information content (AvgIpc) is 2.44. The Morgan fingerprint density at radius 3 is 2.73 bits per heavy atom. The van der Waals surface area contributed by atoms with Crippen LogP contribution in [0.4, 0.5) is 5.95 Å². The molecule has 6 heteroatoms. The number of nitrogens with two attached hydrogens (primary N) is 1. The lowest BCUT2D eigenvalue weighted by Crippen LogP contribution is -2.10. The number of anilines is 1. The first kappa shape index (κ1) is 15.8. The van der Waals surface area contributed by atoms with E-state index in [1.54, 1.807) is 25.1 Å². The molecule has 0 aliphatic heterocycles. The summed E-state index contributed by atoms with van der Waals surface area (Å²) in [6.07, 6.45) is 0. The monoisotopic (exact) mass is 301 g/mol. The highest BCUT2D eigenvalue weighted by Crippen LogP contribution is 2.27. The summed E-state index contributed by atoms with van der Waals surface area (Å²) in [5, 5.41) is 9.39. The van der Waals surface area contributed by atoms with Crippen molar-refractivity contribution >= 4 is 11.9 Å². The maximum Gasteiger partial charge on any atom is 0.339 e. The molecule has 0 bridgehead atoms. The summed E-state index contributed by atoms with van der Waals surface area (Å²) in [7, 11) is 0. The minimum atomic E-state index is -1.08. The van der Waals surface area contributed by atoms with E-state index in [9.17, 15) is 9.90 Å². The predicted octanol–water partition coefficient (Wildman–Crippen LogP) is 2.77. The summed E-state index contributed by atoms with van der Waals surface area (Å²) in [5.74, 6) is 0.0274. The Morgan fingerprint density at radius 2 is 2.09 bits per heavy atom. The second kappa shape index (κ2) is 6.43. The maximum atomic E-state index is 11.5. The fourth-order valence-corrected chi connectivity index (χ4v) is 2.06. The van der Waals surface area contributed by atoms with Crippen molar-refractivity contribution in [1.29, 1.82) is 0 Å². The van der Waals surface area contributed by atoms with Crippen LogP contribution in [0.25, 0.3) is 11.3 Å². The molecule has 0 unspecified atom stereocenters. The van der Waals surface area contributed by atoms with Gasteiger partial charge in [0, 0.05) is 5.56 Å². The van der Waals surface area contributed by atoms with Crippen LogP contribution in [0.2, 0.25) is 0 Å². The number of aromatic nitrogens is 2. The van der Waals surface area contributed by atoms with Gasteiger partial charge in [0.25, 0.3) is 0 Å². The standard InChI is InChI=1S/C16H19N3O3/c1-9(2)8-22-12-6-4-5-11(7-12)14-13(15(20)21)10(3)18-16(17)19-14/h4-7,9H,8H2,1-3H3,(H,20,21)(H2,17,18,19). The summed E-state index contributed by atoms with van der Waals surface area (Å²) in [6.45, 7) is 6.30. The zero-order valence-corrected chi connectivity index (χ0v) is 12.8. The maximum absolute atomic E-state index is 11.5. The SMILES string of the molecule is Cc1nc(N)nc(-c2cccc(OCC(C)C)c2)c1C(=O)O. The van der Waals surface area contributed by atoms with Gasteiger partial charge in [-0.25, -0.2) is 14.8 Å². The van der Waals surface area contributed by atoms with Crippen LogP contribution in [-0.2, 0) is 0 Å². The first-order valence-electron chi connectivity index (χ1n) is 6.99. The highest BCUT2D eigenvalue weighted by Gasteiger charge is 2.19. The minimum Gasteiger partial charge on any atom is -0.493 e. The van der Waals surface area contributed by atoms with Gasteiger partial charge in [0.15, 0.2) is 0 Å². The van der Waals surface area contributed by atoms with E-state index in [1.165, 1.54) is 0 Å². The van der Waals surface area contributed by atoms with Crippen LogP contribution in [0.1, 0.15) is 29.9 Å². The Bertz CT molecular complexity index is 699. The van der Waals surface area contributed by atoms with Crippen molar-refractivity contribution in [3.8, 4) is 17.0 Å². The number of carbonyl (C=O) groups is 1. The van der Waals surface area contributed by atoms with Crippen molar-refractivity contribution in [2.24, 2.45) is 5.92 Å². The van der Waals surface area contributed by atoms with E-state index in [0.717, 1.165) is 0 Å². The van der Waals surface area contributed by atoms with Crippen LogP contribution in [-0.4, -0.2) is 27.7 Å². The Balaban J connectivity index is 2.48. The molecule has 0 radical (unpaired) electrons. The second-order valence-electron chi connectivity index (χ2n) is 5.43. The third kappa shape index (κ3) is 3.52. The van der Waals surface area contributed by atoms with E-state index < -0.39 is 5.97 Å². The van der Waals surface area contributed by atoms with Crippen molar-refractivity contribution in [2.75, 3.05) is 12.3 Å². The van der Waals surface area contributed by atoms with Gasteiger partial charge in [0.1, 0.15) is 11.3 Å². The largest absolute Gasteiger partial charge is 0.493 e. The number of nitrogen functional groups attached to an aromatic ring is 1. The lowest BCUT2D eigenvalue weighted by atomic mass is 10.0. The van der Waals surface area contributed by atoms with Gasteiger partial charge < -0.3 is 15.6 Å². The molecule has 2 aromatic rings. The number of carboxylic acids is 1. The number of aryl methyl sites for hydroxylation is 1. The third-order valence-corrected chi connectivity index (χ3v) is 3.01. The van der Waals surface area contributed by atoms with E-state index in [1.807, 2.05) is 6.07 Å². The fraction of sp³-hybridized carbons (Fsp3) is 0.312. The summed E-state index contributed by atoms with van der Waals surface area (Å²) < 4.78 is 5.67. The fourth-order valence-electron chi connectivity index (χ4n) is 2.06. The predicted molar refractivity (Wildman–Crippen MR) is 83.9 cm³/mol. The van der Waals surface area contributed by atoms with Crippen LogP contribution in [0.5, 0.6) is 5.75 Å². The van der Waals surface area contributed by atoms with Gasteiger partial charge in [-0.3, -0.25) is 0 Å². The lowest BCUT2D eigenvalue weighted by molar-refractivity contribution is 0.0696. The zero-order chi connectivity index (χ0) is 16.3. The smallest absolute Gasteiger partial charge is 0.339 e. The quantitative estimate of drug-likeness (QED) is 0.881. The molecule has 0 saturated carbocycles. The van der Waals surface area contributed by atoms with E-state index in [0.29, 0.717) is 35.2 Å². The van der Waals surface area contributed by atoms with Gasteiger partial charge in [0.2, 0.25) is 5.95 Å². The van der Waals surface area contributed by atoms with Crippen molar-refractivity contribution in [2.45, 2.75) is 20.8 Å². The van der Waals surface area contributed by atoms with E-state index in [4.69, 9.17) is 10.5 Å². The number of aromatic carboxylic acids is 1. The topological polar surface area (TPSA) is 98.3 Å². The molecule has 0 aliphatic carbocycles. The second-order valence-corrected chi connectivity index (χ2v) is 5.43. The third-order valence-electron chi connectivity index (χ3n) is 3.01. The summed E-state index contributed by atoms with van der Waals surface area (Å²) in [4.78, 5) is 19.5. The normalized spacial score (nSPS) is 10.7. The molecule has 3 N–H and O–H groups in total. The average molecular weight is 301 g/mol. The molecule has 0 saturated heterocycles. The van der Waals surface area contributed by atoms with Crippen LogP contribution < -0.4 is 10.5 Å². The van der Waals surface area contributed by atoms with Crippen molar-refractivity contribution in [3.05, 3.63) is 35.5 Å². The zero-order valence-electron chi connectivity index (χ0n) is 12.8. The van der Waals surface area contributed by atoms with Gasteiger partial charge >= 0.3 is 5.97 Å². The Labute approximate surface area is 129 Å². The molecular weight excluding hydrogens is 282 g/mol. The molecule has 2 rings (SSSR count). The highest BCUT2D eigenvalue weighted by molar-refractivity contribution is 5.96. The Morgan fingerprint density at radius 1 is 1.36 bits per heavy atom. The molecule has 0 amide bonds. The van der Waals surface area contributed by atoms with E-state index >= 15 is 0 Å². The van der Waals surface area contributed by atoms with Crippen molar-refractivity contribution < 1.29 is 14.6 Å². The molecule has 0 spiro atoms. The first-order chi connectivity index (χ1) is 10.4. The van der Waals surface area contributed by atoms with Crippen LogP contribution in [0.15, 0.2) is 24.3 Å². The van der Waals surface area contributed by atoms with Crippen molar-refractivity contribution in [3.63, 3.8) is 0 Å². The number of carboxylic acid groups (broad SMARTS) is 1. The van der Waals surface area contributed by atoms with Gasteiger partial charge in [0.05, 0.1) is 18.0 Å². The molecule has 116 valence electrons. The Kier molecular flexibility index (Phi) is 4.60. The van der Waals surface area contributed by atoms with Crippen LogP contribution >= 0.6 is 0 Å². The number of hydrogen-bond acceptors (Lipinski definition) is 5. The Hall–Kier alpha value is -2.63. The molecule has 0 atom stereocenters. The van der Waals surface area contributed by atoms with Gasteiger partial charge in [-0.15, -0.1) is 0 Å². The van der Waals surface area contributed by atoms with E-state index in [-0.39, 0.29) is 11.5 Å². The summed E-state index contributed by atoms with van der Waals surface area (Å²) in [5.41, 5.74) is 6.98. The number of ether oxygens (including phenoxy) is 1. The first-order valence-corrected chi connectivity index (χ1v) is 6.99. The van der Waals surface area contributed by atoms with Gasteiger partial charge in [-0.1, -0.05) is 26.0 Å². The summed E-state index contributed by atoms with van der Waals surface area (Å²) >= 11 is 0. The molecule has 1 heterocycles. The van der Waals surface area contributed by atoms with Crippen molar-refractivity contribution in [1.82, 2.24) is 9.97 Å².